The van der Waals surface area contributed by atoms with Crippen LogP contribution in [-0.2, 0) is 9.53 Å². The molecule has 0 saturated carbocycles. The molecule has 1 fully saturated rings. The van der Waals surface area contributed by atoms with Crippen molar-refractivity contribution < 1.29 is 13.9 Å². The van der Waals surface area contributed by atoms with E-state index in [4.69, 9.17) is 4.74 Å². The fourth-order valence-corrected chi connectivity index (χ4v) is 2.86. The molecule has 1 aromatic carbocycles. The van der Waals surface area contributed by atoms with Crippen molar-refractivity contribution in [1.29, 1.82) is 0 Å². The van der Waals surface area contributed by atoms with Crippen LogP contribution in [-0.4, -0.2) is 41.9 Å². The summed E-state index contributed by atoms with van der Waals surface area (Å²) in [6.07, 6.45) is 0.0682. The number of rotatable bonds is 3. The Hall–Kier alpha value is -1.07. The van der Waals surface area contributed by atoms with Crippen LogP contribution in [0.3, 0.4) is 0 Å². The molecule has 1 aromatic rings. The van der Waals surface area contributed by atoms with Gasteiger partial charge in [-0.3, -0.25) is 4.79 Å². The number of ether oxygens (including phenoxy) is 1. The molecule has 0 spiro atoms. The Bertz CT molecular complexity index is 455. The Morgan fingerprint density at radius 3 is 2.95 bits per heavy atom. The molecule has 0 bridgehead atoms. The maximum Gasteiger partial charge on any atom is 0.233 e. The second-order valence-corrected chi connectivity index (χ2v) is 5.78. The highest BCUT2D eigenvalue weighted by atomic mass is 32.2. The van der Waals surface area contributed by atoms with E-state index in [1.165, 1.54) is 17.8 Å². The molecular formula is C14H18FNO2S. The maximum atomic E-state index is 13.5. The number of halogens is 1. The van der Waals surface area contributed by atoms with Gasteiger partial charge in [-0.05, 0) is 26.0 Å². The van der Waals surface area contributed by atoms with Crippen LogP contribution in [0.5, 0.6) is 0 Å². The van der Waals surface area contributed by atoms with Crippen molar-refractivity contribution in [3.05, 3.63) is 30.1 Å². The van der Waals surface area contributed by atoms with E-state index in [9.17, 15) is 9.18 Å². The highest BCUT2D eigenvalue weighted by molar-refractivity contribution is 8.00. The molecule has 3 nitrogen and oxygen atoms in total. The van der Waals surface area contributed by atoms with Gasteiger partial charge in [0.1, 0.15) is 5.82 Å². The average Bonchev–Trinajstić information content (AvgIpc) is 2.40. The fourth-order valence-electron chi connectivity index (χ4n) is 2.03. The van der Waals surface area contributed by atoms with Crippen LogP contribution < -0.4 is 0 Å². The molecule has 0 N–H and O–H groups in total. The Labute approximate surface area is 117 Å². The minimum absolute atomic E-state index is 0.0379. The zero-order chi connectivity index (χ0) is 13.8. The van der Waals surface area contributed by atoms with Gasteiger partial charge in [0.25, 0.3) is 0 Å². The number of hydrogen-bond donors (Lipinski definition) is 0. The van der Waals surface area contributed by atoms with Crippen molar-refractivity contribution in [3.8, 4) is 0 Å². The number of thioether (sulfide) groups is 1. The molecule has 2 unspecified atom stereocenters. The van der Waals surface area contributed by atoms with Crippen LogP contribution in [0.15, 0.2) is 29.2 Å². The Morgan fingerprint density at radius 1 is 1.47 bits per heavy atom. The topological polar surface area (TPSA) is 29.5 Å². The Balaban J connectivity index is 1.92. The third-order valence-electron chi connectivity index (χ3n) is 3.12. The van der Waals surface area contributed by atoms with Crippen molar-refractivity contribution in [2.24, 2.45) is 0 Å². The lowest BCUT2D eigenvalue weighted by Gasteiger charge is -2.36. The van der Waals surface area contributed by atoms with Gasteiger partial charge in [-0.15, -0.1) is 11.8 Å². The summed E-state index contributed by atoms with van der Waals surface area (Å²) in [6.45, 7) is 5.10. The van der Waals surface area contributed by atoms with E-state index in [1.54, 1.807) is 18.2 Å². The van der Waals surface area contributed by atoms with Gasteiger partial charge in [0, 0.05) is 11.4 Å². The predicted octanol–water partition coefficient (Wildman–Crippen LogP) is 2.55. The van der Waals surface area contributed by atoms with Gasteiger partial charge in [-0.2, -0.15) is 0 Å². The van der Waals surface area contributed by atoms with Gasteiger partial charge in [0.05, 0.1) is 24.5 Å². The molecule has 1 heterocycles. The first kappa shape index (κ1) is 14.3. The first-order valence-corrected chi connectivity index (χ1v) is 7.35. The van der Waals surface area contributed by atoms with E-state index in [-0.39, 0.29) is 29.6 Å². The summed E-state index contributed by atoms with van der Waals surface area (Å²) in [5.74, 6) is 0.0254. The SMILES string of the molecule is CC1CN(C(=O)CSc2ccccc2F)C(C)CO1. The van der Waals surface area contributed by atoms with Gasteiger partial charge in [-0.1, -0.05) is 12.1 Å². The number of amides is 1. The van der Waals surface area contributed by atoms with Crippen LogP contribution in [0, 0.1) is 5.82 Å². The fraction of sp³-hybridized carbons (Fsp3) is 0.500. The van der Waals surface area contributed by atoms with Crippen molar-refractivity contribution in [3.63, 3.8) is 0 Å². The van der Waals surface area contributed by atoms with Crippen LogP contribution in [0.1, 0.15) is 13.8 Å². The zero-order valence-electron chi connectivity index (χ0n) is 11.1. The van der Waals surface area contributed by atoms with E-state index >= 15 is 0 Å². The molecule has 0 aliphatic carbocycles. The molecule has 19 heavy (non-hydrogen) atoms. The van der Waals surface area contributed by atoms with Gasteiger partial charge in [0.2, 0.25) is 5.91 Å². The van der Waals surface area contributed by atoms with Gasteiger partial charge >= 0.3 is 0 Å². The molecule has 0 radical (unpaired) electrons. The molecular weight excluding hydrogens is 265 g/mol. The number of carbonyl (C=O) groups is 1. The van der Waals surface area contributed by atoms with Crippen LogP contribution in [0.4, 0.5) is 4.39 Å². The predicted molar refractivity (Wildman–Crippen MR) is 73.7 cm³/mol. The van der Waals surface area contributed by atoms with E-state index in [0.29, 0.717) is 18.0 Å². The molecule has 5 heteroatoms. The number of carbonyl (C=O) groups excluding carboxylic acids is 1. The van der Waals surface area contributed by atoms with Crippen molar-refractivity contribution in [2.75, 3.05) is 18.9 Å². The summed E-state index contributed by atoms with van der Waals surface area (Å²) in [4.78, 5) is 14.5. The molecule has 2 atom stereocenters. The standard InChI is InChI=1S/C14H18FNO2S/c1-10-8-18-11(2)7-16(10)14(17)9-19-13-6-4-3-5-12(13)15/h3-6,10-11H,7-9H2,1-2H3. The minimum atomic E-state index is -0.274. The summed E-state index contributed by atoms with van der Waals surface area (Å²) >= 11 is 1.25. The highest BCUT2D eigenvalue weighted by Gasteiger charge is 2.27. The lowest BCUT2D eigenvalue weighted by atomic mass is 10.2. The molecule has 1 aliphatic rings. The number of morpholine rings is 1. The van der Waals surface area contributed by atoms with Crippen LogP contribution in [0.25, 0.3) is 0 Å². The Kier molecular flexibility index (Phi) is 4.82. The first-order valence-electron chi connectivity index (χ1n) is 6.36. The second-order valence-electron chi connectivity index (χ2n) is 4.76. The molecule has 1 aliphatic heterocycles. The molecule has 104 valence electrons. The molecule has 1 amide bonds. The number of benzene rings is 1. The summed E-state index contributed by atoms with van der Waals surface area (Å²) in [5, 5.41) is 0. The second kappa shape index (κ2) is 6.39. The minimum Gasteiger partial charge on any atom is -0.375 e. The van der Waals surface area contributed by atoms with Gasteiger partial charge in [0.15, 0.2) is 0 Å². The molecule has 0 aromatic heterocycles. The van der Waals surface area contributed by atoms with Crippen molar-refractivity contribution >= 4 is 17.7 Å². The van der Waals surface area contributed by atoms with Crippen molar-refractivity contribution in [1.82, 2.24) is 4.90 Å². The molecule has 2 rings (SSSR count). The van der Waals surface area contributed by atoms with Gasteiger partial charge in [-0.25, -0.2) is 4.39 Å². The van der Waals surface area contributed by atoms with Gasteiger partial charge < -0.3 is 9.64 Å². The Morgan fingerprint density at radius 2 is 2.21 bits per heavy atom. The summed E-state index contributed by atoms with van der Waals surface area (Å²) in [6, 6.07) is 6.61. The smallest absolute Gasteiger partial charge is 0.233 e. The quantitative estimate of drug-likeness (QED) is 0.799. The zero-order valence-corrected chi connectivity index (χ0v) is 12.0. The summed E-state index contributed by atoms with van der Waals surface area (Å²) in [5.41, 5.74) is 0. The third kappa shape index (κ3) is 3.70. The lowest BCUT2D eigenvalue weighted by Crippen LogP contribution is -2.50. The highest BCUT2D eigenvalue weighted by Crippen LogP contribution is 2.22. The van der Waals surface area contributed by atoms with Crippen LogP contribution >= 0.6 is 11.8 Å². The average molecular weight is 283 g/mol. The third-order valence-corrected chi connectivity index (χ3v) is 4.15. The van der Waals surface area contributed by atoms with E-state index in [1.807, 2.05) is 18.7 Å². The maximum absolute atomic E-state index is 13.5. The van der Waals surface area contributed by atoms with Crippen molar-refractivity contribution in [2.45, 2.75) is 30.9 Å². The summed E-state index contributed by atoms with van der Waals surface area (Å²) < 4.78 is 18.9. The van der Waals surface area contributed by atoms with E-state index in [2.05, 4.69) is 0 Å². The number of nitrogens with zero attached hydrogens (tertiary/aromatic N) is 1. The normalized spacial score (nSPS) is 23.4. The lowest BCUT2D eigenvalue weighted by molar-refractivity contribution is -0.140. The van der Waals surface area contributed by atoms with Crippen LogP contribution in [0.2, 0.25) is 0 Å². The number of hydrogen-bond acceptors (Lipinski definition) is 3. The summed E-state index contributed by atoms with van der Waals surface area (Å²) in [7, 11) is 0. The largest absolute Gasteiger partial charge is 0.375 e. The van der Waals surface area contributed by atoms with E-state index < -0.39 is 0 Å². The van der Waals surface area contributed by atoms with E-state index in [0.717, 1.165) is 0 Å². The first-order chi connectivity index (χ1) is 9.08. The molecule has 1 saturated heterocycles. The monoisotopic (exact) mass is 283 g/mol.